The van der Waals surface area contributed by atoms with Crippen molar-refractivity contribution in [3.8, 4) is 5.75 Å². The molecule has 11 heavy (non-hydrogen) atoms. The van der Waals surface area contributed by atoms with Gasteiger partial charge < -0.3 is 4.43 Å². The van der Waals surface area contributed by atoms with E-state index in [-0.39, 0.29) is 0 Å². The number of halogens is 1. The Balaban J connectivity index is 2.96. The molecule has 0 heterocycles. The quantitative estimate of drug-likeness (QED) is 0.507. The van der Waals surface area contributed by atoms with Crippen LogP contribution in [0.15, 0.2) is 18.2 Å². The first-order valence-corrected chi connectivity index (χ1v) is 6.22. The van der Waals surface area contributed by atoms with Crippen molar-refractivity contribution in [2.24, 2.45) is 0 Å². The van der Waals surface area contributed by atoms with Gasteiger partial charge in [0, 0.05) is 0 Å². The SMILES string of the molecule is Cc1cccc(O[SiH2]Cl)c1C. The fraction of sp³-hybridized carbons (Fsp3) is 0.250. The van der Waals surface area contributed by atoms with Crippen LogP contribution in [0.1, 0.15) is 11.1 Å². The predicted octanol–water partition coefficient (Wildman–Crippen LogP) is 1.92. The second kappa shape index (κ2) is 3.79. The maximum atomic E-state index is 5.58. The summed E-state index contributed by atoms with van der Waals surface area (Å²) in [5, 5.41) is 0. The van der Waals surface area contributed by atoms with Crippen LogP contribution in [0, 0.1) is 13.8 Å². The minimum Gasteiger partial charge on any atom is -0.534 e. The second-order valence-corrected chi connectivity index (χ2v) is 3.61. The van der Waals surface area contributed by atoms with Crippen LogP contribution in [0.4, 0.5) is 0 Å². The van der Waals surface area contributed by atoms with Gasteiger partial charge in [-0.2, -0.15) is 0 Å². The molecule has 0 saturated carbocycles. The van der Waals surface area contributed by atoms with Gasteiger partial charge in [0.1, 0.15) is 5.75 Å². The van der Waals surface area contributed by atoms with Crippen LogP contribution in [0.5, 0.6) is 5.75 Å². The van der Waals surface area contributed by atoms with Crippen LogP contribution in [0.3, 0.4) is 0 Å². The summed E-state index contributed by atoms with van der Waals surface area (Å²) in [4.78, 5) is 0. The van der Waals surface area contributed by atoms with E-state index in [2.05, 4.69) is 13.0 Å². The minimum absolute atomic E-state index is 0.849. The maximum Gasteiger partial charge on any atom is 0.316 e. The van der Waals surface area contributed by atoms with E-state index < -0.39 is 9.07 Å². The highest BCUT2D eigenvalue weighted by atomic mass is 35.6. The molecule has 0 fully saturated rings. The van der Waals surface area contributed by atoms with Crippen LogP contribution in [-0.2, 0) is 0 Å². The lowest BCUT2D eigenvalue weighted by molar-refractivity contribution is 0.603. The smallest absolute Gasteiger partial charge is 0.316 e. The van der Waals surface area contributed by atoms with E-state index in [1.165, 1.54) is 11.1 Å². The summed E-state index contributed by atoms with van der Waals surface area (Å²) in [6.07, 6.45) is 0. The van der Waals surface area contributed by atoms with Crippen molar-refractivity contribution in [2.75, 3.05) is 0 Å². The molecular formula is C8H11ClOSi. The van der Waals surface area contributed by atoms with E-state index in [1.807, 2.05) is 19.1 Å². The van der Waals surface area contributed by atoms with Gasteiger partial charge in [-0.3, -0.25) is 0 Å². The highest BCUT2D eigenvalue weighted by Gasteiger charge is 1.98. The molecule has 0 atom stereocenters. The van der Waals surface area contributed by atoms with Gasteiger partial charge in [0.15, 0.2) is 0 Å². The average molecular weight is 187 g/mol. The van der Waals surface area contributed by atoms with E-state index in [1.54, 1.807) is 0 Å². The molecule has 0 saturated heterocycles. The monoisotopic (exact) mass is 186 g/mol. The number of benzene rings is 1. The summed E-state index contributed by atoms with van der Waals surface area (Å²) in [6, 6.07) is 6.01. The summed E-state index contributed by atoms with van der Waals surface area (Å²) in [5.41, 5.74) is 2.45. The van der Waals surface area contributed by atoms with Gasteiger partial charge in [0.2, 0.25) is 0 Å². The molecule has 1 aromatic carbocycles. The van der Waals surface area contributed by atoms with E-state index in [9.17, 15) is 0 Å². The van der Waals surface area contributed by atoms with E-state index in [0.717, 1.165) is 5.75 Å². The molecule has 0 unspecified atom stereocenters. The number of aryl methyl sites for hydroxylation is 1. The average Bonchev–Trinajstić information content (AvgIpc) is 1.99. The van der Waals surface area contributed by atoms with Crippen molar-refractivity contribution in [3.05, 3.63) is 29.3 Å². The Morgan fingerprint density at radius 1 is 1.36 bits per heavy atom. The molecule has 0 amide bonds. The normalized spacial score (nSPS) is 10.8. The van der Waals surface area contributed by atoms with E-state index in [4.69, 9.17) is 15.5 Å². The number of rotatable bonds is 2. The van der Waals surface area contributed by atoms with Crippen molar-refractivity contribution >= 4 is 20.2 Å². The Morgan fingerprint density at radius 2 is 2.09 bits per heavy atom. The summed E-state index contributed by atoms with van der Waals surface area (Å²) in [7, 11) is -0.849. The van der Waals surface area contributed by atoms with Gasteiger partial charge in [0.05, 0.1) is 0 Å². The van der Waals surface area contributed by atoms with Crippen molar-refractivity contribution in [3.63, 3.8) is 0 Å². The van der Waals surface area contributed by atoms with Crippen LogP contribution >= 0.6 is 11.1 Å². The fourth-order valence-electron chi connectivity index (χ4n) is 0.939. The zero-order valence-electron chi connectivity index (χ0n) is 6.73. The summed E-state index contributed by atoms with van der Waals surface area (Å²) >= 11 is 5.58. The van der Waals surface area contributed by atoms with Gasteiger partial charge in [0.25, 0.3) is 0 Å². The highest BCUT2D eigenvalue weighted by Crippen LogP contribution is 2.19. The molecule has 0 aliphatic heterocycles. The molecule has 0 spiro atoms. The number of hydrogen-bond donors (Lipinski definition) is 0. The molecule has 1 rings (SSSR count). The molecule has 0 radical (unpaired) electrons. The lowest BCUT2D eigenvalue weighted by atomic mass is 10.1. The van der Waals surface area contributed by atoms with E-state index >= 15 is 0 Å². The molecule has 0 N–H and O–H groups in total. The lowest BCUT2D eigenvalue weighted by Crippen LogP contribution is -1.96. The van der Waals surface area contributed by atoms with Crippen molar-refractivity contribution in [2.45, 2.75) is 13.8 Å². The molecule has 0 aromatic heterocycles. The third kappa shape index (κ3) is 1.98. The minimum atomic E-state index is -0.849. The Labute approximate surface area is 74.0 Å². The van der Waals surface area contributed by atoms with Gasteiger partial charge in [-0.25, -0.2) is 0 Å². The van der Waals surface area contributed by atoms with Gasteiger partial charge in [-0.05, 0) is 31.0 Å². The Hall–Kier alpha value is -0.473. The standard InChI is InChI=1S/C8H11ClOSi/c1-6-4-3-5-8(7(6)2)10-11-9/h3-5H,11H2,1-2H3. The molecular weight excluding hydrogens is 176 g/mol. The van der Waals surface area contributed by atoms with Crippen LogP contribution < -0.4 is 4.43 Å². The number of hydrogen-bond acceptors (Lipinski definition) is 1. The first kappa shape index (κ1) is 8.62. The van der Waals surface area contributed by atoms with Crippen LogP contribution in [0.2, 0.25) is 0 Å². The zero-order valence-corrected chi connectivity index (χ0v) is 8.90. The predicted molar refractivity (Wildman–Crippen MR) is 50.9 cm³/mol. The van der Waals surface area contributed by atoms with Gasteiger partial charge in [-0.1, -0.05) is 12.1 Å². The molecule has 0 aliphatic carbocycles. The van der Waals surface area contributed by atoms with Crippen LogP contribution in [-0.4, -0.2) is 9.07 Å². The summed E-state index contributed by atoms with van der Waals surface area (Å²) in [5.74, 6) is 0.937. The molecule has 1 aromatic rings. The van der Waals surface area contributed by atoms with Crippen LogP contribution in [0.25, 0.3) is 0 Å². The topological polar surface area (TPSA) is 9.23 Å². The van der Waals surface area contributed by atoms with E-state index in [0.29, 0.717) is 0 Å². The molecule has 3 heteroatoms. The maximum absolute atomic E-state index is 5.58. The largest absolute Gasteiger partial charge is 0.534 e. The van der Waals surface area contributed by atoms with Gasteiger partial charge in [-0.15, -0.1) is 11.1 Å². The zero-order chi connectivity index (χ0) is 8.27. The molecule has 60 valence electrons. The van der Waals surface area contributed by atoms with Crippen molar-refractivity contribution in [1.29, 1.82) is 0 Å². The Bertz CT molecular complexity index is 250. The fourth-order valence-corrected chi connectivity index (χ4v) is 1.72. The van der Waals surface area contributed by atoms with Gasteiger partial charge >= 0.3 is 9.07 Å². The summed E-state index contributed by atoms with van der Waals surface area (Å²) < 4.78 is 5.32. The molecule has 0 aliphatic rings. The summed E-state index contributed by atoms with van der Waals surface area (Å²) in [6.45, 7) is 4.11. The highest BCUT2D eigenvalue weighted by molar-refractivity contribution is 6.90. The third-order valence-electron chi connectivity index (χ3n) is 1.76. The lowest BCUT2D eigenvalue weighted by Gasteiger charge is -2.07. The third-order valence-corrected chi connectivity index (χ3v) is 2.51. The first-order chi connectivity index (χ1) is 5.25. The first-order valence-electron chi connectivity index (χ1n) is 3.50. The second-order valence-electron chi connectivity index (χ2n) is 2.45. The van der Waals surface area contributed by atoms with Crippen molar-refractivity contribution in [1.82, 2.24) is 0 Å². The van der Waals surface area contributed by atoms with Crippen molar-refractivity contribution < 1.29 is 4.43 Å². The molecule has 0 bridgehead atoms. The Kier molecular flexibility index (Phi) is 2.97. The molecule has 1 nitrogen and oxygen atoms in total. The Morgan fingerprint density at radius 3 is 2.73 bits per heavy atom.